The average Bonchev–Trinajstić information content (AvgIpc) is 3.33. The highest BCUT2D eigenvalue weighted by molar-refractivity contribution is 9.10. The highest BCUT2D eigenvalue weighted by Crippen LogP contribution is 2.32. The monoisotopic (exact) mass is 441 g/mol. The standard InChI is InChI=1S/C20H20BrN5O2/c21-16-8-7-15(28-16)20-24-18-10-12(9-17(22)26(18)25-20)19(27)14-6-5-11-3-1-2-4-13(11)23-14/h4,7-11,14,23H,1-3,5-6,22H2. The van der Waals surface area contributed by atoms with Gasteiger partial charge < -0.3 is 15.5 Å². The third-order valence-electron chi connectivity index (χ3n) is 5.56. The molecule has 1 aliphatic carbocycles. The lowest BCUT2D eigenvalue weighted by molar-refractivity contribution is 0.0925. The van der Waals surface area contributed by atoms with Crippen LogP contribution in [0.1, 0.15) is 42.5 Å². The zero-order chi connectivity index (χ0) is 19.3. The zero-order valence-corrected chi connectivity index (χ0v) is 16.8. The van der Waals surface area contributed by atoms with Crippen molar-refractivity contribution in [2.24, 2.45) is 5.92 Å². The minimum atomic E-state index is -0.217. The Morgan fingerprint density at radius 2 is 2.18 bits per heavy atom. The number of hydrogen-bond donors (Lipinski definition) is 2. The number of nitrogen functional groups attached to an aromatic ring is 1. The summed E-state index contributed by atoms with van der Waals surface area (Å²) in [4.78, 5) is 17.6. The molecule has 0 saturated carbocycles. The van der Waals surface area contributed by atoms with E-state index >= 15 is 0 Å². The van der Waals surface area contributed by atoms with Gasteiger partial charge in [0.15, 0.2) is 21.9 Å². The molecule has 2 aliphatic rings. The molecule has 0 radical (unpaired) electrons. The number of nitrogens with zero attached hydrogens (tertiary/aromatic N) is 3. The largest absolute Gasteiger partial charge is 0.446 e. The van der Waals surface area contributed by atoms with E-state index in [0.717, 1.165) is 19.3 Å². The molecular weight excluding hydrogens is 422 g/mol. The number of ketones is 1. The van der Waals surface area contributed by atoms with Gasteiger partial charge in [-0.15, -0.1) is 5.10 Å². The van der Waals surface area contributed by atoms with Gasteiger partial charge in [0.25, 0.3) is 0 Å². The highest BCUT2D eigenvalue weighted by atomic mass is 79.9. The van der Waals surface area contributed by atoms with Crippen molar-refractivity contribution in [3.05, 3.63) is 46.3 Å². The van der Waals surface area contributed by atoms with Crippen LogP contribution in [0.3, 0.4) is 0 Å². The summed E-state index contributed by atoms with van der Waals surface area (Å²) >= 11 is 3.28. The Kier molecular flexibility index (Phi) is 4.23. The normalized spacial score (nSPS) is 21.8. The van der Waals surface area contributed by atoms with Crippen molar-refractivity contribution in [3.63, 3.8) is 0 Å². The van der Waals surface area contributed by atoms with Gasteiger partial charge in [0, 0.05) is 11.3 Å². The van der Waals surface area contributed by atoms with Crippen molar-refractivity contribution in [2.45, 2.75) is 38.1 Å². The average molecular weight is 442 g/mol. The van der Waals surface area contributed by atoms with E-state index in [1.54, 1.807) is 24.3 Å². The van der Waals surface area contributed by atoms with Gasteiger partial charge in [0.05, 0.1) is 6.04 Å². The van der Waals surface area contributed by atoms with Gasteiger partial charge in [-0.3, -0.25) is 4.79 Å². The fourth-order valence-electron chi connectivity index (χ4n) is 4.15. The van der Waals surface area contributed by atoms with Crippen LogP contribution in [-0.4, -0.2) is 26.4 Å². The number of allylic oxidation sites excluding steroid dienone is 2. The number of furan rings is 1. The molecule has 0 spiro atoms. The van der Waals surface area contributed by atoms with E-state index in [0.29, 0.717) is 39.2 Å². The van der Waals surface area contributed by atoms with Crippen molar-refractivity contribution in [1.29, 1.82) is 0 Å². The Morgan fingerprint density at radius 1 is 1.29 bits per heavy atom. The number of fused-ring (bicyclic) bond motifs is 2. The second-order valence-corrected chi connectivity index (χ2v) is 8.19. The molecule has 1 fully saturated rings. The molecule has 28 heavy (non-hydrogen) atoms. The topological polar surface area (TPSA) is 98.5 Å². The summed E-state index contributed by atoms with van der Waals surface area (Å²) in [7, 11) is 0. The van der Waals surface area contributed by atoms with Crippen molar-refractivity contribution >= 4 is 33.2 Å². The molecular formula is C20H20BrN5O2. The van der Waals surface area contributed by atoms with Gasteiger partial charge in [0.1, 0.15) is 5.82 Å². The van der Waals surface area contributed by atoms with Gasteiger partial charge >= 0.3 is 0 Å². The van der Waals surface area contributed by atoms with Gasteiger partial charge in [-0.25, -0.2) is 4.98 Å². The van der Waals surface area contributed by atoms with Gasteiger partial charge in [-0.2, -0.15) is 4.52 Å². The maximum Gasteiger partial charge on any atom is 0.218 e. The van der Waals surface area contributed by atoms with Crippen molar-refractivity contribution in [2.75, 3.05) is 5.73 Å². The summed E-state index contributed by atoms with van der Waals surface area (Å²) in [5.74, 6) is 1.96. The molecule has 7 nitrogen and oxygen atoms in total. The number of aromatic nitrogens is 3. The molecule has 144 valence electrons. The first-order valence-corrected chi connectivity index (χ1v) is 10.3. The molecule has 1 aliphatic heterocycles. The molecule has 8 heteroatoms. The Balaban J connectivity index is 1.45. The number of rotatable bonds is 3. The van der Waals surface area contributed by atoms with Crippen LogP contribution < -0.4 is 11.1 Å². The van der Waals surface area contributed by atoms with Crippen LogP contribution in [0.25, 0.3) is 17.2 Å². The quantitative estimate of drug-likeness (QED) is 0.596. The summed E-state index contributed by atoms with van der Waals surface area (Å²) in [5.41, 5.74) is 8.48. The first kappa shape index (κ1) is 17.5. The summed E-state index contributed by atoms with van der Waals surface area (Å²) in [6.45, 7) is 0. The molecule has 0 amide bonds. The second-order valence-electron chi connectivity index (χ2n) is 7.40. The van der Waals surface area contributed by atoms with Crippen LogP contribution >= 0.6 is 15.9 Å². The second kappa shape index (κ2) is 6.77. The number of anilines is 1. The molecule has 1 saturated heterocycles. The van der Waals surface area contributed by atoms with Crippen LogP contribution in [0, 0.1) is 5.92 Å². The predicted octanol–water partition coefficient (Wildman–Crippen LogP) is 3.95. The molecule has 2 atom stereocenters. The van der Waals surface area contributed by atoms with E-state index in [-0.39, 0.29) is 11.8 Å². The fourth-order valence-corrected chi connectivity index (χ4v) is 4.46. The van der Waals surface area contributed by atoms with E-state index in [9.17, 15) is 4.79 Å². The minimum absolute atomic E-state index is 0.0458. The Bertz CT molecular complexity index is 1100. The number of piperidine rings is 1. The third kappa shape index (κ3) is 3.01. The van der Waals surface area contributed by atoms with Gasteiger partial charge in [-0.1, -0.05) is 6.08 Å². The molecule has 0 aromatic carbocycles. The van der Waals surface area contributed by atoms with Crippen LogP contribution in [-0.2, 0) is 0 Å². The minimum Gasteiger partial charge on any atom is -0.446 e. The number of pyridine rings is 1. The summed E-state index contributed by atoms with van der Waals surface area (Å²) in [5, 5.41) is 7.86. The van der Waals surface area contributed by atoms with Gasteiger partial charge in [0.2, 0.25) is 5.82 Å². The first-order chi connectivity index (χ1) is 13.6. The van der Waals surface area contributed by atoms with Crippen molar-refractivity contribution in [1.82, 2.24) is 19.9 Å². The molecule has 3 aromatic rings. The Hall–Kier alpha value is -2.61. The van der Waals surface area contributed by atoms with E-state index in [2.05, 4.69) is 37.4 Å². The number of carbonyl (C=O) groups excluding carboxylic acids is 1. The van der Waals surface area contributed by atoms with Gasteiger partial charge in [-0.05, 0) is 78.2 Å². The maximum atomic E-state index is 13.1. The van der Waals surface area contributed by atoms with Crippen LogP contribution in [0.2, 0.25) is 0 Å². The number of carbonyl (C=O) groups is 1. The highest BCUT2D eigenvalue weighted by Gasteiger charge is 2.31. The lowest BCUT2D eigenvalue weighted by Gasteiger charge is -2.34. The van der Waals surface area contributed by atoms with Crippen molar-refractivity contribution < 1.29 is 9.21 Å². The smallest absolute Gasteiger partial charge is 0.218 e. The van der Waals surface area contributed by atoms with Crippen LogP contribution in [0.15, 0.2) is 45.1 Å². The molecule has 5 rings (SSSR count). The van der Waals surface area contributed by atoms with Crippen LogP contribution in [0.5, 0.6) is 0 Å². The molecule has 3 aromatic heterocycles. The number of Topliss-reactive ketones (excluding diaryl/α,β-unsaturated/α-hetero) is 1. The van der Waals surface area contributed by atoms with Crippen LogP contribution in [0.4, 0.5) is 5.82 Å². The molecule has 0 bridgehead atoms. The molecule has 4 heterocycles. The number of nitrogens with two attached hydrogens (primary N) is 1. The predicted molar refractivity (Wildman–Crippen MR) is 109 cm³/mol. The Morgan fingerprint density at radius 3 is 3.00 bits per heavy atom. The summed E-state index contributed by atoms with van der Waals surface area (Å²) < 4.78 is 7.64. The summed E-state index contributed by atoms with van der Waals surface area (Å²) in [6, 6.07) is 6.76. The molecule has 2 unspecified atom stereocenters. The van der Waals surface area contributed by atoms with E-state index in [4.69, 9.17) is 10.2 Å². The first-order valence-electron chi connectivity index (χ1n) is 9.51. The SMILES string of the molecule is Nc1cc(C(=O)C2CCC3CCCC=C3N2)cc2nc(-c3ccc(Br)o3)nn12. The zero-order valence-electron chi connectivity index (χ0n) is 15.2. The number of nitrogens with one attached hydrogen (secondary N) is 1. The molecule has 3 N–H and O–H groups in total. The van der Waals surface area contributed by atoms with E-state index in [1.807, 2.05) is 0 Å². The lowest BCUT2D eigenvalue weighted by atomic mass is 9.82. The lowest BCUT2D eigenvalue weighted by Crippen LogP contribution is -2.43. The fraction of sp³-hybridized carbons (Fsp3) is 0.350. The third-order valence-corrected chi connectivity index (χ3v) is 5.99. The van der Waals surface area contributed by atoms with Crippen molar-refractivity contribution in [3.8, 4) is 11.6 Å². The Labute approximate surface area is 170 Å². The number of hydrogen-bond acceptors (Lipinski definition) is 6. The van der Waals surface area contributed by atoms with E-state index in [1.165, 1.54) is 23.1 Å². The van der Waals surface area contributed by atoms with E-state index < -0.39 is 0 Å². The number of halogens is 1. The summed E-state index contributed by atoms with van der Waals surface area (Å²) in [6.07, 6.45) is 7.68. The maximum absolute atomic E-state index is 13.1.